The quantitative estimate of drug-likeness (QED) is 0.484. The number of rotatable bonds is 5. The van der Waals surface area contributed by atoms with Crippen LogP contribution in [0.15, 0.2) is 42.5 Å². The van der Waals surface area contributed by atoms with E-state index in [1.165, 1.54) is 0 Å². The number of carbonyl (C=O) groups is 1. The summed E-state index contributed by atoms with van der Waals surface area (Å²) in [4.78, 5) is 12.3. The Bertz CT molecular complexity index is 763. The fraction of sp³-hybridized carbons (Fsp3) is 0.263. The number of carbonyl (C=O) groups excluding carboxylic acids is 1. The van der Waals surface area contributed by atoms with Gasteiger partial charge in [-0.3, -0.25) is 10.1 Å². The van der Waals surface area contributed by atoms with Gasteiger partial charge in [0.2, 0.25) is 0 Å². The molecule has 1 atom stereocenters. The number of benzene rings is 2. The third-order valence-electron chi connectivity index (χ3n) is 3.69. The van der Waals surface area contributed by atoms with Gasteiger partial charge in [0, 0.05) is 14.8 Å². The second kappa shape index (κ2) is 9.15. The lowest BCUT2D eigenvalue weighted by molar-refractivity contribution is 0.0977. The van der Waals surface area contributed by atoms with E-state index < -0.39 is 0 Å². The fourth-order valence-corrected chi connectivity index (χ4v) is 2.95. The minimum Gasteiger partial charge on any atom is -0.491 e. The van der Waals surface area contributed by atoms with Crippen molar-refractivity contribution >= 4 is 51.5 Å². The highest BCUT2D eigenvalue weighted by molar-refractivity contribution is 14.1. The average Bonchev–Trinajstić information content (AvgIpc) is 2.57. The van der Waals surface area contributed by atoms with E-state index >= 15 is 0 Å². The highest BCUT2D eigenvalue weighted by Gasteiger charge is 2.10. The Balaban J connectivity index is 1.95. The maximum atomic E-state index is 12.3. The number of amides is 1. The van der Waals surface area contributed by atoms with Crippen LogP contribution < -0.4 is 15.4 Å². The largest absolute Gasteiger partial charge is 0.491 e. The summed E-state index contributed by atoms with van der Waals surface area (Å²) in [5.74, 6) is 0.497. The van der Waals surface area contributed by atoms with Gasteiger partial charge in [-0.1, -0.05) is 6.92 Å². The van der Waals surface area contributed by atoms with Gasteiger partial charge in [-0.25, -0.2) is 0 Å². The number of halogens is 1. The number of nitrogens with one attached hydrogen (secondary N) is 2. The van der Waals surface area contributed by atoms with Crippen LogP contribution in [0.1, 0.15) is 36.2 Å². The molecule has 0 bridgehead atoms. The summed E-state index contributed by atoms with van der Waals surface area (Å²) >= 11 is 7.49. The summed E-state index contributed by atoms with van der Waals surface area (Å²) in [6.07, 6.45) is 1.08. The van der Waals surface area contributed by atoms with E-state index in [-0.39, 0.29) is 17.1 Å². The number of hydrogen-bond acceptors (Lipinski definition) is 3. The molecule has 132 valence electrons. The molecular formula is C19H21IN2O2S. The van der Waals surface area contributed by atoms with Gasteiger partial charge in [0.1, 0.15) is 5.75 Å². The monoisotopic (exact) mass is 468 g/mol. The molecule has 0 fully saturated rings. The van der Waals surface area contributed by atoms with Crippen LogP contribution in [0.25, 0.3) is 0 Å². The van der Waals surface area contributed by atoms with Crippen molar-refractivity contribution in [1.82, 2.24) is 5.32 Å². The van der Waals surface area contributed by atoms with Gasteiger partial charge in [-0.2, -0.15) is 0 Å². The van der Waals surface area contributed by atoms with E-state index in [9.17, 15) is 4.79 Å². The minimum absolute atomic E-state index is 0.147. The number of anilines is 1. The SMILES string of the molecule is CC[C@@H](C)Oc1ccc(C(=O)NC(=S)Nc2ccc(I)cc2C)cc1. The Kier molecular flexibility index (Phi) is 7.19. The van der Waals surface area contributed by atoms with Gasteiger partial charge in [-0.05, 0) is 103 Å². The molecule has 0 aliphatic carbocycles. The van der Waals surface area contributed by atoms with E-state index in [0.29, 0.717) is 5.56 Å². The lowest BCUT2D eigenvalue weighted by atomic mass is 10.2. The van der Waals surface area contributed by atoms with Crippen LogP contribution in [0.4, 0.5) is 5.69 Å². The van der Waals surface area contributed by atoms with Crippen molar-refractivity contribution in [2.24, 2.45) is 0 Å². The van der Waals surface area contributed by atoms with E-state index in [1.807, 2.05) is 32.0 Å². The number of aryl methyl sites for hydroxylation is 1. The van der Waals surface area contributed by atoms with Gasteiger partial charge in [0.05, 0.1) is 6.10 Å². The zero-order valence-electron chi connectivity index (χ0n) is 14.4. The molecule has 4 nitrogen and oxygen atoms in total. The molecule has 2 aromatic carbocycles. The van der Waals surface area contributed by atoms with Crippen molar-refractivity contribution < 1.29 is 9.53 Å². The zero-order valence-corrected chi connectivity index (χ0v) is 17.4. The summed E-state index contributed by atoms with van der Waals surface area (Å²) in [6.45, 7) is 6.07. The molecule has 0 radical (unpaired) electrons. The Hall–Kier alpha value is -1.67. The van der Waals surface area contributed by atoms with Crippen LogP contribution in [0, 0.1) is 10.5 Å². The summed E-state index contributed by atoms with van der Waals surface area (Å²) in [5, 5.41) is 6.02. The molecule has 0 saturated heterocycles. The molecule has 0 aliphatic heterocycles. The second-order valence-corrected chi connectivity index (χ2v) is 7.38. The van der Waals surface area contributed by atoms with Crippen LogP contribution in [-0.2, 0) is 0 Å². The average molecular weight is 468 g/mol. The first-order valence-corrected chi connectivity index (χ1v) is 9.53. The third kappa shape index (κ3) is 5.97. The third-order valence-corrected chi connectivity index (χ3v) is 4.57. The fourth-order valence-electron chi connectivity index (χ4n) is 2.10. The first-order valence-electron chi connectivity index (χ1n) is 8.04. The molecule has 0 heterocycles. The molecule has 0 unspecified atom stereocenters. The van der Waals surface area contributed by atoms with Crippen molar-refractivity contribution in [2.75, 3.05) is 5.32 Å². The predicted octanol–water partition coefficient (Wildman–Crippen LogP) is 4.90. The molecule has 2 N–H and O–H groups in total. The standard InChI is InChI=1S/C19H21IN2O2S/c1-4-13(3)24-16-8-5-14(6-9-16)18(23)22-19(25)21-17-10-7-15(20)11-12(17)2/h5-11,13H,4H2,1-3H3,(H2,21,22,23,25)/t13-/m1/s1. The van der Waals surface area contributed by atoms with Gasteiger partial charge >= 0.3 is 0 Å². The van der Waals surface area contributed by atoms with Gasteiger partial charge in [-0.15, -0.1) is 0 Å². The molecule has 25 heavy (non-hydrogen) atoms. The van der Waals surface area contributed by atoms with Crippen LogP contribution in [0.5, 0.6) is 5.75 Å². The Morgan fingerprint density at radius 1 is 1.24 bits per heavy atom. The molecule has 0 aliphatic rings. The molecule has 2 aromatic rings. The van der Waals surface area contributed by atoms with Crippen LogP contribution in [0.2, 0.25) is 0 Å². The Morgan fingerprint density at radius 3 is 2.52 bits per heavy atom. The number of hydrogen-bond donors (Lipinski definition) is 2. The van der Waals surface area contributed by atoms with Crippen LogP contribution in [0.3, 0.4) is 0 Å². The molecule has 2 rings (SSSR count). The molecule has 6 heteroatoms. The molecule has 0 spiro atoms. The lowest BCUT2D eigenvalue weighted by Gasteiger charge is -2.13. The normalized spacial score (nSPS) is 11.5. The first-order chi connectivity index (χ1) is 11.9. The smallest absolute Gasteiger partial charge is 0.257 e. The van der Waals surface area contributed by atoms with Crippen molar-refractivity contribution in [3.63, 3.8) is 0 Å². The van der Waals surface area contributed by atoms with Crippen molar-refractivity contribution in [2.45, 2.75) is 33.3 Å². The van der Waals surface area contributed by atoms with Gasteiger partial charge < -0.3 is 10.1 Å². The van der Waals surface area contributed by atoms with Crippen molar-refractivity contribution in [1.29, 1.82) is 0 Å². The van der Waals surface area contributed by atoms with Crippen LogP contribution >= 0.6 is 34.8 Å². The topological polar surface area (TPSA) is 50.4 Å². The maximum Gasteiger partial charge on any atom is 0.257 e. The van der Waals surface area contributed by atoms with E-state index in [0.717, 1.165) is 27.0 Å². The maximum absolute atomic E-state index is 12.3. The van der Waals surface area contributed by atoms with Gasteiger partial charge in [0.25, 0.3) is 5.91 Å². The molecular weight excluding hydrogens is 447 g/mol. The lowest BCUT2D eigenvalue weighted by Crippen LogP contribution is -2.34. The first kappa shape index (κ1) is 19.7. The highest BCUT2D eigenvalue weighted by Crippen LogP contribution is 2.18. The summed E-state index contributed by atoms with van der Waals surface area (Å²) in [7, 11) is 0. The summed E-state index contributed by atoms with van der Waals surface area (Å²) < 4.78 is 6.86. The van der Waals surface area contributed by atoms with E-state index in [4.69, 9.17) is 17.0 Å². The van der Waals surface area contributed by atoms with E-state index in [1.54, 1.807) is 24.3 Å². The molecule has 1 amide bonds. The Labute approximate surface area is 167 Å². The number of ether oxygens (including phenoxy) is 1. The second-order valence-electron chi connectivity index (χ2n) is 5.73. The highest BCUT2D eigenvalue weighted by atomic mass is 127. The molecule has 0 saturated carbocycles. The Morgan fingerprint density at radius 2 is 1.92 bits per heavy atom. The minimum atomic E-state index is -0.254. The summed E-state index contributed by atoms with van der Waals surface area (Å²) in [6, 6.07) is 13.0. The van der Waals surface area contributed by atoms with Crippen molar-refractivity contribution in [3.05, 3.63) is 57.2 Å². The van der Waals surface area contributed by atoms with Crippen molar-refractivity contribution in [3.8, 4) is 5.75 Å². The van der Waals surface area contributed by atoms with Gasteiger partial charge in [0.15, 0.2) is 5.11 Å². The predicted molar refractivity (Wildman–Crippen MR) is 114 cm³/mol. The van der Waals surface area contributed by atoms with E-state index in [2.05, 4.69) is 40.1 Å². The number of thiocarbonyl (C=S) groups is 1. The summed E-state index contributed by atoms with van der Waals surface area (Å²) in [5.41, 5.74) is 2.47. The van der Waals surface area contributed by atoms with Crippen LogP contribution in [-0.4, -0.2) is 17.1 Å². The zero-order chi connectivity index (χ0) is 18.4. The molecule has 0 aromatic heterocycles.